The summed E-state index contributed by atoms with van der Waals surface area (Å²) in [6, 6.07) is -0.830. The molecule has 1 fully saturated rings. The molecule has 3 N–H and O–H groups in total. The maximum absolute atomic E-state index is 11.3. The molecule has 0 aliphatic carbocycles. The molecule has 1 atom stereocenters. The fourth-order valence-electron chi connectivity index (χ4n) is 1.53. The Morgan fingerprint density at radius 3 is 2.81 bits per heavy atom. The lowest BCUT2D eigenvalue weighted by Gasteiger charge is -2.22. The Balaban J connectivity index is 2.15. The first kappa shape index (κ1) is 13.1. The Morgan fingerprint density at radius 2 is 2.25 bits per heavy atom. The number of ether oxygens (including phenoxy) is 1. The molecule has 1 unspecified atom stereocenters. The van der Waals surface area contributed by atoms with Crippen molar-refractivity contribution in [3.05, 3.63) is 0 Å². The predicted octanol–water partition coefficient (Wildman–Crippen LogP) is -1.57. The van der Waals surface area contributed by atoms with Crippen molar-refractivity contribution in [3.63, 3.8) is 0 Å². The molecule has 0 saturated carbocycles. The third kappa shape index (κ3) is 4.69. The van der Waals surface area contributed by atoms with E-state index >= 15 is 0 Å². The quantitative estimate of drug-likeness (QED) is 0.480. The molecule has 6 heteroatoms. The number of carbonyl (C=O) groups excluding carboxylic acids is 2. The lowest BCUT2D eigenvalue weighted by atomic mass is 10.1. The van der Waals surface area contributed by atoms with E-state index in [2.05, 4.69) is 10.6 Å². The summed E-state index contributed by atoms with van der Waals surface area (Å²) in [6.45, 7) is 1.36. The second-order valence-electron chi connectivity index (χ2n) is 3.75. The summed E-state index contributed by atoms with van der Waals surface area (Å²) < 4.78 is 5.39. The summed E-state index contributed by atoms with van der Waals surface area (Å²) in [5.41, 5.74) is 0. The SMILES string of the molecule is O=CC(CO)NC(=O)COC1CCNCC1. The van der Waals surface area contributed by atoms with Crippen molar-refractivity contribution in [2.45, 2.75) is 25.0 Å². The fraction of sp³-hybridized carbons (Fsp3) is 0.800. The van der Waals surface area contributed by atoms with E-state index in [0.29, 0.717) is 6.29 Å². The monoisotopic (exact) mass is 230 g/mol. The Bertz CT molecular complexity index is 229. The largest absolute Gasteiger partial charge is 0.394 e. The molecule has 1 heterocycles. The van der Waals surface area contributed by atoms with Gasteiger partial charge in [0.15, 0.2) is 0 Å². The molecule has 1 saturated heterocycles. The van der Waals surface area contributed by atoms with Gasteiger partial charge in [0.1, 0.15) is 18.9 Å². The van der Waals surface area contributed by atoms with Crippen LogP contribution in [0, 0.1) is 0 Å². The van der Waals surface area contributed by atoms with Crippen LogP contribution in [0.1, 0.15) is 12.8 Å². The highest BCUT2D eigenvalue weighted by molar-refractivity contribution is 5.80. The average molecular weight is 230 g/mol. The zero-order valence-corrected chi connectivity index (χ0v) is 9.15. The Morgan fingerprint density at radius 1 is 1.56 bits per heavy atom. The number of piperidine rings is 1. The van der Waals surface area contributed by atoms with Crippen molar-refractivity contribution < 1.29 is 19.4 Å². The van der Waals surface area contributed by atoms with Crippen molar-refractivity contribution in [3.8, 4) is 0 Å². The highest BCUT2D eigenvalue weighted by Gasteiger charge is 2.16. The van der Waals surface area contributed by atoms with E-state index in [-0.39, 0.29) is 25.2 Å². The third-order valence-corrected chi connectivity index (χ3v) is 2.44. The standard InChI is InChI=1S/C10H18N2O4/c13-5-8(6-14)12-10(15)7-16-9-1-3-11-4-2-9/h5,8-9,11,14H,1-4,6-7H2,(H,12,15). The van der Waals surface area contributed by atoms with E-state index in [9.17, 15) is 9.59 Å². The Kier molecular flexibility index (Phi) is 5.99. The van der Waals surface area contributed by atoms with Crippen LogP contribution in [0.5, 0.6) is 0 Å². The van der Waals surface area contributed by atoms with Crippen LogP contribution in [0.2, 0.25) is 0 Å². The maximum Gasteiger partial charge on any atom is 0.246 e. The van der Waals surface area contributed by atoms with E-state index in [4.69, 9.17) is 9.84 Å². The second kappa shape index (κ2) is 7.32. The molecule has 92 valence electrons. The van der Waals surface area contributed by atoms with E-state index in [1.54, 1.807) is 0 Å². The van der Waals surface area contributed by atoms with Crippen molar-refractivity contribution in [2.24, 2.45) is 0 Å². The zero-order chi connectivity index (χ0) is 11.8. The summed E-state index contributed by atoms with van der Waals surface area (Å²) in [4.78, 5) is 21.6. The third-order valence-electron chi connectivity index (χ3n) is 2.44. The smallest absolute Gasteiger partial charge is 0.246 e. The molecule has 0 bridgehead atoms. The van der Waals surface area contributed by atoms with E-state index in [1.165, 1.54) is 0 Å². The van der Waals surface area contributed by atoms with Gasteiger partial charge in [0.05, 0.1) is 12.7 Å². The molecular formula is C10H18N2O4. The van der Waals surface area contributed by atoms with Gasteiger partial charge in [-0.1, -0.05) is 0 Å². The minimum atomic E-state index is -0.830. The number of hydrogen-bond donors (Lipinski definition) is 3. The summed E-state index contributed by atoms with van der Waals surface area (Å²) in [6.07, 6.45) is 2.40. The average Bonchev–Trinajstić information content (AvgIpc) is 2.34. The zero-order valence-electron chi connectivity index (χ0n) is 9.15. The van der Waals surface area contributed by atoms with Gasteiger partial charge in [-0.2, -0.15) is 0 Å². The second-order valence-corrected chi connectivity index (χ2v) is 3.75. The van der Waals surface area contributed by atoms with Crippen LogP contribution in [0.25, 0.3) is 0 Å². The highest BCUT2D eigenvalue weighted by atomic mass is 16.5. The molecule has 1 amide bonds. The lowest BCUT2D eigenvalue weighted by molar-refractivity contribution is -0.130. The van der Waals surface area contributed by atoms with Gasteiger partial charge < -0.3 is 25.3 Å². The molecule has 1 rings (SSSR count). The molecule has 0 radical (unpaired) electrons. The van der Waals surface area contributed by atoms with Gasteiger partial charge in [0, 0.05) is 0 Å². The number of aliphatic hydroxyl groups is 1. The van der Waals surface area contributed by atoms with Crippen LogP contribution >= 0.6 is 0 Å². The van der Waals surface area contributed by atoms with Gasteiger partial charge in [0.25, 0.3) is 0 Å². The maximum atomic E-state index is 11.3. The number of carbonyl (C=O) groups is 2. The van der Waals surface area contributed by atoms with Crippen LogP contribution in [-0.2, 0) is 14.3 Å². The first-order valence-corrected chi connectivity index (χ1v) is 5.44. The minimum absolute atomic E-state index is 0.0605. The van der Waals surface area contributed by atoms with E-state index in [1.807, 2.05) is 0 Å². The number of hydrogen-bond acceptors (Lipinski definition) is 5. The van der Waals surface area contributed by atoms with Crippen molar-refractivity contribution >= 4 is 12.2 Å². The first-order valence-electron chi connectivity index (χ1n) is 5.44. The first-order chi connectivity index (χ1) is 7.76. The molecule has 0 aromatic rings. The van der Waals surface area contributed by atoms with Crippen molar-refractivity contribution in [1.82, 2.24) is 10.6 Å². The molecule has 0 aromatic heterocycles. The van der Waals surface area contributed by atoms with Crippen molar-refractivity contribution in [2.75, 3.05) is 26.3 Å². The number of aliphatic hydroxyl groups excluding tert-OH is 1. The van der Waals surface area contributed by atoms with Crippen molar-refractivity contribution in [1.29, 1.82) is 0 Å². The molecule has 16 heavy (non-hydrogen) atoms. The molecule has 0 spiro atoms. The summed E-state index contributed by atoms with van der Waals surface area (Å²) in [5.74, 6) is -0.371. The number of amides is 1. The molecule has 1 aliphatic heterocycles. The van der Waals surface area contributed by atoms with Crippen LogP contribution in [0.15, 0.2) is 0 Å². The fourth-order valence-corrected chi connectivity index (χ4v) is 1.53. The van der Waals surface area contributed by atoms with Gasteiger partial charge in [0.2, 0.25) is 5.91 Å². The predicted molar refractivity (Wildman–Crippen MR) is 56.9 cm³/mol. The van der Waals surface area contributed by atoms with Crippen LogP contribution in [0.4, 0.5) is 0 Å². The van der Waals surface area contributed by atoms with Crippen LogP contribution < -0.4 is 10.6 Å². The van der Waals surface area contributed by atoms with E-state index in [0.717, 1.165) is 25.9 Å². The Labute approximate surface area is 94.3 Å². The molecule has 0 aromatic carbocycles. The minimum Gasteiger partial charge on any atom is -0.394 e. The number of nitrogens with one attached hydrogen (secondary N) is 2. The van der Waals surface area contributed by atoms with Gasteiger partial charge in [-0.05, 0) is 25.9 Å². The summed E-state index contributed by atoms with van der Waals surface area (Å²) in [7, 11) is 0. The number of aldehydes is 1. The van der Waals surface area contributed by atoms with E-state index < -0.39 is 6.04 Å². The normalized spacial score (nSPS) is 19.1. The molecular weight excluding hydrogens is 212 g/mol. The van der Waals surface area contributed by atoms with Gasteiger partial charge in [-0.25, -0.2) is 0 Å². The highest BCUT2D eigenvalue weighted by Crippen LogP contribution is 2.06. The Hall–Kier alpha value is -0.980. The molecule has 1 aliphatic rings. The molecule has 6 nitrogen and oxygen atoms in total. The topological polar surface area (TPSA) is 87.7 Å². The lowest BCUT2D eigenvalue weighted by Crippen LogP contribution is -2.42. The van der Waals surface area contributed by atoms with Gasteiger partial charge >= 0.3 is 0 Å². The number of rotatable bonds is 6. The van der Waals surface area contributed by atoms with Crippen LogP contribution in [-0.4, -0.2) is 55.7 Å². The van der Waals surface area contributed by atoms with Gasteiger partial charge in [-0.3, -0.25) is 4.79 Å². The summed E-state index contributed by atoms with van der Waals surface area (Å²) >= 11 is 0. The summed E-state index contributed by atoms with van der Waals surface area (Å²) in [5, 5.41) is 14.2. The van der Waals surface area contributed by atoms with Crippen LogP contribution in [0.3, 0.4) is 0 Å². The van der Waals surface area contributed by atoms with Gasteiger partial charge in [-0.15, -0.1) is 0 Å².